The lowest BCUT2D eigenvalue weighted by Crippen LogP contribution is -2.45. The predicted octanol–water partition coefficient (Wildman–Crippen LogP) is 4.06. The number of hydrogen-bond acceptors (Lipinski definition) is 3. The Balaban J connectivity index is 2.41. The monoisotopic (exact) mass is 394 g/mol. The molecule has 1 amide bonds. The van der Waals surface area contributed by atoms with E-state index in [1.165, 1.54) is 0 Å². The number of hydrogen-bond donors (Lipinski definition) is 1. The molecular weight excluding hydrogens is 372 g/mol. The fraction of sp³-hybridized carbons (Fsp3) is 0.316. The fourth-order valence-corrected chi connectivity index (χ4v) is 4.12. The molecule has 1 atom stereocenters. The number of amides is 1. The quantitative estimate of drug-likeness (QED) is 0.831. The lowest BCUT2D eigenvalue weighted by atomic mass is 10.1. The second-order valence-electron chi connectivity index (χ2n) is 6.40. The van der Waals surface area contributed by atoms with E-state index in [-0.39, 0.29) is 0 Å². The molecule has 0 aliphatic carbocycles. The van der Waals surface area contributed by atoms with Gasteiger partial charge in [0.25, 0.3) is 0 Å². The highest BCUT2D eigenvalue weighted by atomic mass is 35.5. The maximum atomic E-state index is 12.8. The van der Waals surface area contributed by atoms with E-state index in [4.69, 9.17) is 11.6 Å². The number of carbonyl (C=O) groups excluding carboxylic acids is 1. The smallest absolute Gasteiger partial charge is 0.248 e. The van der Waals surface area contributed by atoms with Gasteiger partial charge in [-0.25, -0.2) is 8.42 Å². The zero-order chi connectivity index (χ0) is 19.6. The molecule has 26 heavy (non-hydrogen) atoms. The summed E-state index contributed by atoms with van der Waals surface area (Å²) in [5.74, 6) is -0.413. The first kappa shape index (κ1) is 20.3. The number of nitrogens with one attached hydrogen (secondary N) is 1. The van der Waals surface area contributed by atoms with E-state index in [1.807, 2.05) is 26.0 Å². The van der Waals surface area contributed by atoms with Gasteiger partial charge >= 0.3 is 0 Å². The molecule has 2 aromatic rings. The van der Waals surface area contributed by atoms with Gasteiger partial charge in [-0.15, -0.1) is 0 Å². The highest BCUT2D eigenvalue weighted by Crippen LogP contribution is 2.29. The van der Waals surface area contributed by atoms with Gasteiger partial charge in [0.15, 0.2) is 0 Å². The lowest BCUT2D eigenvalue weighted by molar-refractivity contribution is -0.116. The zero-order valence-corrected chi connectivity index (χ0v) is 17.1. The predicted molar refractivity (Wildman–Crippen MR) is 108 cm³/mol. The molecule has 0 unspecified atom stereocenters. The Kier molecular flexibility index (Phi) is 5.98. The van der Waals surface area contributed by atoms with E-state index in [2.05, 4.69) is 5.32 Å². The van der Waals surface area contributed by atoms with Crippen LogP contribution in [0, 0.1) is 20.8 Å². The van der Waals surface area contributed by atoms with Crippen molar-refractivity contribution in [1.82, 2.24) is 0 Å². The highest BCUT2D eigenvalue weighted by Gasteiger charge is 2.30. The summed E-state index contributed by atoms with van der Waals surface area (Å²) in [7, 11) is -3.70. The third-order valence-electron chi connectivity index (χ3n) is 4.36. The molecule has 7 heteroatoms. The Bertz CT molecular complexity index is 942. The van der Waals surface area contributed by atoms with Gasteiger partial charge < -0.3 is 5.32 Å². The first-order chi connectivity index (χ1) is 12.0. The van der Waals surface area contributed by atoms with Crippen LogP contribution in [-0.2, 0) is 14.8 Å². The number of aryl methyl sites for hydroxylation is 2. The van der Waals surface area contributed by atoms with Gasteiger partial charge in [0.05, 0.1) is 11.9 Å². The van der Waals surface area contributed by atoms with Crippen LogP contribution in [0.1, 0.15) is 23.6 Å². The first-order valence-electron chi connectivity index (χ1n) is 8.15. The van der Waals surface area contributed by atoms with Crippen molar-refractivity contribution in [3.05, 3.63) is 58.1 Å². The fourth-order valence-electron chi connectivity index (χ4n) is 2.72. The summed E-state index contributed by atoms with van der Waals surface area (Å²) < 4.78 is 25.9. The standard InChI is InChI=1S/C19H23ClN2O3S/c1-12-7-6-8-17(14(12)3)21-19(23)15(4)22(26(5,24)25)18-11-16(20)10-9-13(18)2/h6-11,15H,1-5H3,(H,21,23)/t15-/m0/s1. The van der Waals surface area contributed by atoms with Crippen LogP contribution in [0.2, 0.25) is 5.02 Å². The molecule has 2 rings (SSSR count). The molecule has 0 aromatic heterocycles. The van der Waals surface area contributed by atoms with Gasteiger partial charge in [0.1, 0.15) is 6.04 Å². The largest absolute Gasteiger partial charge is 0.324 e. The molecule has 2 aromatic carbocycles. The summed E-state index contributed by atoms with van der Waals surface area (Å²) in [6, 6.07) is 9.61. The van der Waals surface area contributed by atoms with E-state index in [9.17, 15) is 13.2 Å². The Morgan fingerprint density at radius 1 is 1.12 bits per heavy atom. The van der Waals surface area contributed by atoms with Crippen molar-refractivity contribution in [3.8, 4) is 0 Å². The Hall–Kier alpha value is -2.05. The summed E-state index contributed by atoms with van der Waals surface area (Å²) in [6.07, 6.45) is 1.08. The minimum atomic E-state index is -3.70. The maximum absolute atomic E-state index is 12.8. The second-order valence-corrected chi connectivity index (χ2v) is 8.70. The summed E-state index contributed by atoms with van der Waals surface area (Å²) in [4.78, 5) is 12.8. The van der Waals surface area contributed by atoms with Crippen LogP contribution in [0.25, 0.3) is 0 Å². The molecule has 140 valence electrons. The Morgan fingerprint density at radius 2 is 1.77 bits per heavy atom. The maximum Gasteiger partial charge on any atom is 0.248 e. The molecule has 0 radical (unpaired) electrons. The van der Waals surface area contributed by atoms with Gasteiger partial charge in [-0.05, 0) is 62.6 Å². The van der Waals surface area contributed by atoms with Crippen molar-refractivity contribution in [1.29, 1.82) is 0 Å². The van der Waals surface area contributed by atoms with Crippen LogP contribution in [0.3, 0.4) is 0 Å². The van der Waals surface area contributed by atoms with Gasteiger partial charge in [-0.1, -0.05) is 29.8 Å². The Morgan fingerprint density at radius 3 is 2.38 bits per heavy atom. The van der Waals surface area contributed by atoms with E-state index in [0.717, 1.165) is 21.7 Å². The number of sulfonamides is 1. The van der Waals surface area contributed by atoms with Crippen LogP contribution in [-0.4, -0.2) is 26.6 Å². The number of nitrogens with zero attached hydrogens (tertiary/aromatic N) is 1. The van der Waals surface area contributed by atoms with E-state index in [1.54, 1.807) is 38.1 Å². The molecule has 1 N–H and O–H groups in total. The molecule has 0 saturated heterocycles. The number of halogens is 1. The molecule has 0 fully saturated rings. The van der Waals surface area contributed by atoms with Crippen LogP contribution < -0.4 is 9.62 Å². The normalized spacial score (nSPS) is 12.5. The van der Waals surface area contributed by atoms with E-state index in [0.29, 0.717) is 22.0 Å². The molecular formula is C19H23ClN2O3S. The van der Waals surface area contributed by atoms with Gasteiger partial charge in [0.2, 0.25) is 15.9 Å². The molecule has 0 aliphatic rings. The molecule has 0 aliphatic heterocycles. The van der Waals surface area contributed by atoms with Crippen molar-refractivity contribution in [2.24, 2.45) is 0 Å². The summed E-state index contributed by atoms with van der Waals surface area (Å²) >= 11 is 6.04. The van der Waals surface area contributed by atoms with Gasteiger partial charge in [-0.3, -0.25) is 9.10 Å². The average Bonchev–Trinajstić information content (AvgIpc) is 2.54. The summed E-state index contributed by atoms with van der Waals surface area (Å²) in [6.45, 7) is 7.19. The van der Waals surface area contributed by atoms with Crippen molar-refractivity contribution in [3.63, 3.8) is 0 Å². The SMILES string of the molecule is Cc1ccc(Cl)cc1N([C@@H](C)C(=O)Nc1cccc(C)c1C)S(C)(=O)=O. The third kappa shape index (κ3) is 4.37. The number of carbonyl (C=O) groups is 1. The molecule has 0 saturated carbocycles. The highest BCUT2D eigenvalue weighted by molar-refractivity contribution is 7.92. The van der Waals surface area contributed by atoms with Crippen molar-refractivity contribution in [2.45, 2.75) is 33.7 Å². The average molecular weight is 395 g/mol. The molecule has 0 heterocycles. The summed E-state index contributed by atoms with van der Waals surface area (Å²) in [5, 5.41) is 3.23. The molecule has 0 bridgehead atoms. The second kappa shape index (κ2) is 7.68. The molecule has 0 spiro atoms. The molecule has 5 nitrogen and oxygen atoms in total. The zero-order valence-electron chi connectivity index (χ0n) is 15.5. The van der Waals surface area contributed by atoms with E-state index < -0.39 is 22.0 Å². The van der Waals surface area contributed by atoms with Crippen LogP contribution in [0.15, 0.2) is 36.4 Å². The van der Waals surface area contributed by atoms with Crippen LogP contribution in [0.5, 0.6) is 0 Å². The Labute approximate surface area is 160 Å². The topological polar surface area (TPSA) is 66.5 Å². The van der Waals surface area contributed by atoms with Gasteiger partial charge in [-0.2, -0.15) is 0 Å². The van der Waals surface area contributed by atoms with Gasteiger partial charge in [0, 0.05) is 10.7 Å². The number of benzene rings is 2. The van der Waals surface area contributed by atoms with Crippen molar-refractivity contribution < 1.29 is 13.2 Å². The first-order valence-corrected chi connectivity index (χ1v) is 10.4. The van der Waals surface area contributed by atoms with Crippen molar-refractivity contribution >= 4 is 38.9 Å². The van der Waals surface area contributed by atoms with Crippen LogP contribution in [0.4, 0.5) is 11.4 Å². The van der Waals surface area contributed by atoms with E-state index >= 15 is 0 Å². The minimum absolute atomic E-state index is 0.392. The lowest BCUT2D eigenvalue weighted by Gasteiger charge is -2.29. The third-order valence-corrected chi connectivity index (χ3v) is 5.82. The number of rotatable bonds is 5. The van der Waals surface area contributed by atoms with Crippen LogP contribution >= 0.6 is 11.6 Å². The minimum Gasteiger partial charge on any atom is -0.324 e. The summed E-state index contributed by atoms with van der Waals surface area (Å²) in [5.41, 5.74) is 3.76. The number of anilines is 2. The van der Waals surface area contributed by atoms with Crippen molar-refractivity contribution in [2.75, 3.05) is 15.9 Å².